The molecule has 0 aliphatic carbocycles. The van der Waals surface area contributed by atoms with E-state index in [1.165, 1.54) is 6.07 Å². The Bertz CT molecular complexity index is 1400. The van der Waals surface area contributed by atoms with Crippen LogP contribution in [-0.2, 0) is 14.3 Å². The molecule has 0 bridgehead atoms. The lowest BCUT2D eigenvalue weighted by molar-refractivity contribution is -0.186. The third kappa shape index (κ3) is 16.9. The number of rotatable bonds is 3. The van der Waals surface area contributed by atoms with E-state index >= 15 is 0 Å². The highest BCUT2D eigenvalue weighted by molar-refractivity contribution is 6.31. The summed E-state index contributed by atoms with van der Waals surface area (Å²) in [6.45, 7) is 10.7. The van der Waals surface area contributed by atoms with Crippen LogP contribution < -0.4 is 10.6 Å². The maximum atomic E-state index is 12.5. The van der Waals surface area contributed by atoms with Crippen molar-refractivity contribution in [3.05, 3.63) is 58.1 Å². The van der Waals surface area contributed by atoms with Crippen LogP contribution in [0.1, 0.15) is 71.2 Å². The number of likely N-dealkylation sites (tertiary alicyclic amines) is 1. The van der Waals surface area contributed by atoms with Gasteiger partial charge in [0.25, 0.3) is 5.78 Å². The van der Waals surface area contributed by atoms with Gasteiger partial charge in [-0.1, -0.05) is 23.2 Å². The van der Waals surface area contributed by atoms with E-state index in [4.69, 9.17) is 32.7 Å². The Balaban J connectivity index is 0.000000376. The van der Waals surface area contributed by atoms with E-state index < -0.39 is 53.0 Å². The summed E-state index contributed by atoms with van der Waals surface area (Å²) in [5, 5.41) is 5.28. The Hall–Kier alpha value is -3.72. The van der Waals surface area contributed by atoms with Crippen molar-refractivity contribution in [3.63, 3.8) is 0 Å². The number of hydrogen-bond acceptors (Lipinski definition) is 6. The van der Waals surface area contributed by atoms with Crippen LogP contribution in [0, 0.1) is 0 Å². The molecule has 1 saturated heterocycles. The molecule has 3 amide bonds. The number of ketones is 1. The van der Waals surface area contributed by atoms with Crippen LogP contribution in [0.2, 0.25) is 10.0 Å². The Morgan fingerprint density at radius 1 is 0.667 bits per heavy atom. The number of carbonyl (C=O) groups excluding carboxylic acids is 4. The van der Waals surface area contributed by atoms with Crippen molar-refractivity contribution in [2.45, 2.75) is 84.4 Å². The molecule has 1 aliphatic rings. The number of anilines is 2. The van der Waals surface area contributed by atoms with Crippen molar-refractivity contribution in [1.29, 1.82) is 0 Å². The fraction of sp³-hybridized carbons (Fsp3) is 0.484. The second-order valence-corrected chi connectivity index (χ2v) is 13.0. The quantitative estimate of drug-likeness (QED) is 0.240. The van der Waals surface area contributed by atoms with Crippen molar-refractivity contribution in [1.82, 2.24) is 4.90 Å². The molecule has 48 heavy (non-hydrogen) atoms. The van der Waals surface area contributed by atoms with E-state index in [1.807, 2.05) is 20.8 Å². The molecule has 0 atom stereocenters. The molecule has 2 aromatic rings. The van der Waals surface area contributed by atoms with Crippen LogP contribution >= 0.6 is 23.2 Å². The van der Waals surface area contributed by atoms with Crippen molar-refractivity contribution in [3.8, 4) is 0 Å². The zero-order valence-corrected chi connectivity index (χ0v) is 28.5. The van der Waals surface area contributed by atoms with Crippen LogP contribution in [0.25, 0.3) is 0 Å². The van der Waals surface area contributed by atoms with Crippen LogP contribution in [-0.4, -0.2) is 65.4 Å². The highest BCUT2D eigenvalue weighted by atomic mass is 35.5. The van der Waals surface area contributed by atoms with Gasteiger partial charge in [0, 0.05) is 28.8 Å². The first-order valence-electron chi connectivity index (χ1n) is 14.3. The fourth-order valence-electron chi connectivity index (χ4n) is 3.61. The molecule has 0 radical (unpaired) electrons. The van der Waals surface area contributed by atoms with Crippen molar-refractivity contribution in [2.24, 2.45) is 0 Å². The van der Waals surface area contributed by atoms with Crippen molar-refractivity contribution in [2.75, 3.05) is 23.7 Å². The summed E-state index contributed by atoms with van der Waals surface area (Å²) in [5.41, 5.74) is -1.73. The minimum absolute atomic E-state index is 0.0580. The highest BCUT2D eigenvalue weighted by Gasteiger charge is 2.42. The molecule has 3 rings (SSSR count). The van der Waals surface area contributed by atoms with E-state index in [9.17, 15) is 45.5 Å². The van der Waals surface area contributed by atoms with Gasteiger partial charge in [-0.25, -0.2) is 9.59 Å². The molecule has 1 fully saturated rings. The number of ether oxygens (including phenoxy) is 2. The number of carbonyl (C=O) groups is 4. The Labute approximate surface area is 284 Å². The smallest absolute Gasteiger partial charge is 0.444 e. The molecule has 0 aromatic heterocycles. The van der Waals surface area contributed by atoms with Gasteiger partial charge in [0.1, 0.15) is 11.2 Å². The van der Waals surface area contributed by atoms with Gasteiger partial charge in [0.15, 0.2) is 0 Å². The average Bonchev–Trinajstić information content (AvgIpc) is 2.92. The number of benzene rings is 2. The van der Waals surface area contributed by atoms with Crippen LogP contribution in [0.4, 0.5) is 47.3 Å². The minimum Gasteiger partial charge on any atom is -0.444 e. The van der Waals surface area contributed by atoms with Crippen LogP contribution in [0.15, 0.2) is 42.5 Å². The zero-order chi connectivity index (χ0) is 37.1. The van der Waals surface area contributed by atoms with Gasteiger partial charge >= 0.3 is 30.4 Å². The lowest BCUT2D eigenvalue weighted by Gasteiger charge is -2.27. The molecular weight excluding hydrogens is 695 g/mol. The highest BCUT2D eigenvalue weighted by Crippen LogP contribution is 2.29. The largest absolute Gasteiger partial charge is 0.471 e. The second-order valence-electron chi connectivity index (χ2n) is 12.1. The first-order valence-corrected chi connectivity index (χ1v) is 15.1. The van der Waals surface area contributed by atoms with E-state index in [0.717, 1.165) is 23.5 Å². The van der Waals surface area contributed by atoms with Gasteiger partial charge in [-0.05, 0) is 103 Å². The number of alkyl halides is 6. The molecule has 17 heteroatoms. The fourth-order valence-corrected chi connectivity index (χ4v) is 3.91. The predicted octanol–water partition coefficient (Wildman–Crippen LogP) is 9.68. The summed E-state index contributed by atoms with van der Waals surface area (Å²) in [4.78, 5) is 45.8. The number of nitrogens with zero attached hydrogens (tertiary/aromatic N) is 1. The third-order valence-corrected chi connectivity index (χ3v) is 5.98. The van der Waals surface area contributed by atoms with Gasteiger partial charge in [-0.3, -0.25) is 20.2 Å². The first kappa shape index (κ1) is 42.3. The number of hydrogen-bond donors (Lipinski definition) is 2. The minimum atomic E-state index is -5.07. The molecule has 0 unspecified atom stereocenters. The molecule has 2 aromatic carbocycles. The van der Waals surface area contributed by atoms with Gasteiger partial charge < -0.3 is 14.4 Å². The number of nitrogens with one attached hydrogen (secondary N) is 2. The first-order chi connectivity index (χ1) is 21.8. The molecule has 268 valence electrons. The van der Waals surface area contributed by atoms with Crippen LogP contribution in [0.3, 0.4) is 0 Å². The lowest BCUT2D eigenvalue weighted by atomic mass is 10.1. The SMILES string of the molecule is CC(C)(C)OC(=O)Nc1ccc(Cl)cc1.CC(C)(C)OC(=O)Nc1ccc(Cl)cc1C(=O)C(F)(F)F.O=C(N1CCCCC1)C(F)(F)F. The number of amides is 3. The van der Waals surface area contributed by atoms with Gasteiger partial charge in [0.2, 0.25) is 0 Å². The summed E-state index contributed by atoms with van der Waals surface area (Å²) in [7, 11) is 0. The lowest BCUT2D eigenvalue weighted by Crippen LogP contribution is -2.43. The standard InChI is InChI=1S/C13H13ClF3NO3.C11H14ClNO2.C7H10F3NO/c1-12(2,3)21-11(20)18-9-5-4-7(14)6-8(9)10(19)13(15,16)17;1-11(2,3)15-10(14)13-9-6-4-8(12)5-7-9;8-7(9,10)6(12)11-4-2-1-3-5-11/h4-6H,1-3H3,(H,18,20);4-7H,1-3H3,(H,13,14);1-5H2. The van der Waals surface area contributed by atoms with Gasteiger partial charge in [-0.15, -0.1) is 0 Å². The summed E-state index contributed by atoms with van der Waals surface area (Å²) >= 11 is 11.3. The Morgan fingerprint density at radius 3 is 1.56 bits per heavy atom. The average molecular weight is 733 g/mol. The molecule has 0 saturated carbocycles. The molecule has 9 nitrogen and oxygen atoms in total. The molecule has 2 N–H and O–H groups in total. The van der Waals surface area contributed by atoms with Crippen molar-refractivity contribution >= 4 is 58.5 Å². The molecule has 1 aliphatic heterocycles. The molecular formula is C31H37Cl2F6N3O6. The van der Waals surface area contributed by atoms with Gasteiger partial charge in [0.05, 0.1) is 11.3 Å². The van der Waals surface area contributed by atoms with Gasteiger partial charge in [-0.2, -0.15) is 26.3 Å². The van der Waals surface area contributed by atoms with Crippen LogP contribution in [0.5, 0.6) is 0 Å². The summed E-state index contributed by atoms with van der Waals surface area (Å²) in [6.07, 6.45) is -8.93. The van der Waals surface area contributed by atoms with E-state index in [-0.39, 0.29) is 23.8 Å². The van der Waals surface area contributed by atoms with E-state index in [1.54, 1.807) is 45.0 Å². The molecule has 1 heterocycles. The number of Topliss-reactive ketones (excluding diaryl/α,β-unsaturated/α-hetero) is 1. The van der Waals surface area contributed by atoms with E-state index in [2.05, 4.69) is 10.6 Å². The predicted molar refractivity (Wildman–Crippen MR) is 169 cm³/mol. The Morgan fingerprint density at radius 2 is 1.12 bits per heavy atom. The normalized spacial score (nSPS) is 13.5. The zero-order valence-electron chi connectivity index (χ0n) is 27.0. The summed E-state index contributed by atoms with van der Waals surface area (Å²) < 4.78 is 83.1. The third-order valence-electron chi connectivity index (χ3n) is 5.49. The summed E-state index contributed by atoms with van der Waals surface area (Å²) in [5.74, 6) is -3.79. The monoisotopic (exact) mass is 731 g/mol. The topological polar surface area (TPSA) is 114 Å². The summed E-state index contributed by atoms with van der Waals surface area (Å²) in [6, 6.07) is 10.0. The molecule has 0 spiro atoms. The maximum absolute atomic E-state index is 12.5. The number of halogens is 8. The van der Waals surface area contributed by atoms with Crippen molar-refractivity contribution < 1.29 is 55.0 Å². The maximum Gasteiger partial charge on any atom is 0.471 e. The second kappa shape index (κ2) is 17.6. The number of piperidine rings is 1. The Kier molecular flexibility index (Phi) is 15.5. The van der Waals surface area contributed by atoms with E-state index in [0.29, 0.717) is 23.6 Å².